The van der Waals surface area contributed by atoms with Crippen LogP contribution < -0.4 is 5.32 Å². The van der Waals surface area contributed by atoms with E-state index in [2.05, 4.69) is 10.1 Å². The number of esters is 1. The molecule has 0 aliphatic rings. The van der Waals surface area contributed by atoms with E-state index < -0.39 is 0 Å². The standard InChI is InChI=1S/C15H22FNO2/c1-19-15(18)6-2-3-11-17-12-4-5-13-7-9-14(16)10-8-13/h7-10,17H,2-6,11-12H2,1H3. The van der Waals surface area contributed by atoms with Gasteiger partial charge in [-0.1, -0.05) is 12.1 Å². The van der Waals surface area contributed by atoms with E-state index in [1.807, 2.05) is 12.1 Å². The number of hydrogen-bond donors (Lipinski definition) is 1. The number of rotatable bonds is 9. The maximum Gasteiger partial charge on any atom is 0.305 e. The molecule has 0 radical (unpaired) electrons. The van der Waals surface area contributed by atoms with Crippen LogP contribution in [0.1, 0.15) is 31.2 Å². The van der Waals surface area contributed by atoms with Crippen molar-refractivity contribution >= 4 is 5.97 Å². The van der Waals surface area contributed by atoms with Gasteiger partial charge in [0.1, 0.15) is 5.82 Å². The van der Waals surface area contributed by atoms with Gasteiger partial charge in [0.15, 0.2) is 0 Å². The maximum absolute atomic E-state index is 12.7. The molecule has 19 heavy (non-hydrogen) atoms. The molecule has 0 aromatic heterocycles. The van der Waals surface area contributed by atoms with Crippen molar-refractivity contribution in [1.29, 1.82) is 0 Å². The lowest BCUT2D eigenvalue weighted by Gasteiger charge is -2.05. The van der Waals surface area contributed by atoms with E-state index >= 15 is 0 Å². The van der Waals surface area contributed by atoms with Crippen molar-refractivity contribution in [2.75, 3.05) is 20.2 Å². The first kappa shape index (κ1) is 15.6. The van der Waals surface area contributed by atoms with Crippen molar-refractivity contribution < 1.29 is 13.9 Å². The first-order valence-corrected chi connectivity index (χ1v) is 6.74. The lowest BCUT2D eigenvalue weighted by Crippen LogP contribution is -2.17. The molecule has 4 heteroatoms. The Hall–Kier alpha value is -1.42. The molecule has 0 spiro atoms. The highest BCUT2D eigenvalue weighted by Crippen LogP contribution is 2.04. The van der Waals surface area contributed by atoms with Crippen LogP contribution in [0.15, 0.2) is 24.3 Å². The van der Waals surface area contributed by atoms with Gasteiger partial charge in [-0.25, -0.2) is 4.39 Å². The van der Waals surface area contributed by atoms with Crippen molar-refractivity contribution in [2.45, 2.75) is 32.1 Å². The molecule has 0 aliphatic carbocycles. The zero-order valence-corrected chi connectivity index (χ0v) is 11.5. The topological polar surface area (TPSA) is 38.3 Å². The zero-order valence-electron chi connectivity index (χ0n) is 11.5. The smallest absolute Gasteiger partial charge is 0.305 e. The molecule has 0 atom stereocenters. The SMILES string of the molecule is COC(=O)CCCCNCCCc1ccc(F)cc1. The highest BCUT2D eigenvalue weighted by molar-refractivity contribution is 5.68. The highest BCUT2D eigenvalue weighted by Gasteiger charge is 1.99. The number of aryl methyl sites for hydroxylation is 1. The molecular formula is C15H22FNO2. The van der Waals surface area contributed by atoms with E-state index in [0.29, 0.717) is 6.42 Å². The number of methoxy groups -OCH3 is 1. The molecule has 0 bridgehead atoms. The maximum atomic E-state index is 12.7. The molecule has 1 rings (SSSR count). The second kappa shape index (κ2) is 9.50. The molecule has 0 saturated carbocycles. The summed E-state index contributed by atoms with van der Waals surface area (Å²) in [6.07, 6.45) is 4.31. The van der Waals surface area contributed by atoms with E-state index in [0.717, 1.165) is 44.3 Å². The summed E-state index contributed by atoms with van der Waals surface area (Å²) in [7, 11) is 1.41. The van der Waals surface area contributed by atoms with Crippen molar-refractivity contribution in [1.82, 2.24) is 5.32 Å². The molecule has 0 aliphatic heterocycles. The summed E-state index contributed by atoms with van der Waals surface area (Å²) in [6.45, 7) is 1.86. The highest BCUT2D eigenvalue weighted by atomic mass is 19.1. The van der Waals surface area contributed by atoms with Crippen molar-refractivity contribution in [3.63, 3.8) is 0 Å². The number of ether oxygens (including phenoxy) is 1. The van der Waals surface area contributed by atoms with Gasteiger partial charge in [-0.05, 0) is 56.5 Å². The summed E-state index contributed by atoms with van der Waals surface area (Å²) < 4.78 is 17.3. The third-order valence-electron chi connectivity index (χ3n) is 2.94. The fraction of sp³-hybridized carbons (Fsp3) is 0.533. The minimum absolute atomic E-state index is 0.142. The normalized spacial score (nSPS) is 10.4. The van der Waals surface area contributed by atoms with Crippen LogP contribution in [0.25, 0.3) is 0 Å². The third-order valence-corrected chi connectivity index (χ3v) is 2.94. The number of unbranched alkanes of at least 4 members (excludes halogenated alkanes) is 1. The van der Waals surface area contributed by atoms with Crippen LogP contribution in [0.5, 0.6) is 0 Å². The molecule has 1 N–H and O–H groups in total. The summed E-state index contributed by atoms with van der Waals surface area (Å²) in [6, 6.07) is 6.64. The van der Waals surface area contributed by atoms with Gasteiger partial charge in [-0.15, -0.1) is 0 Å². The molecule has 1 aromatic carbocycles. The van der Waals surface area contributed by atoms with Crippen LogP contribution in [0, 0.1) is 5.82 Å². The van der Waals surface area contributed by atoms with Crippen LogP contribution in [-0.2, 0) is 16.0 Å². The van der Waals surface area contributed by atoms with Crippen molar-refractivity contribution in [3.8, 4) is 0 Å². The molecule has 1 aromatic rings. The van der Waals surface area contributed by atoms with Crippen LogP contribution in [0.2, 0.25) is 0 Å². The Kier molecular flexibility index (Phi) is 7.82. The second-order valence-electron chi connectivity index (χ2n) is 4.51. The number of nitrogens with one attached hydrogen (secondary N) is 1. The molecular weight excluding hydrogens is 245 g/mol. The van der Waals surface area contributed by atoms with E-state index in [1.165, 1.54) is 19.2 Å². The molecule has 0 fully saturated rings. The minimum atomic E-state index is -0.188. The van der Waals surface area contributed by atoms with Gasteiger partial charge in [0.05, 0.1) is 7.11 Å². The monoisotopic (exact) mass is 267 g/mol. The molecule has 0 heterocycles. The molecule has 0 amide bonds. The minimum Gasteiger partial charge on any atom is -0.469 e. The van der Waals surface area contributed by atoms with Crippen molar-refractivity contribution in [3.05, 3.63) is 35.6 Å². The Morgan fingerprint density at radius 3 is 2.53 bits per heavy atom. The molecule has 0 unspecified atom stereocenters. The third kappa shape index (κ3) is 7.57. The molecule has 3 nitrogen and oxygen atoms in total. The van der Waals surface area contributed by atoms with E-state index in [-0.39, 0.29) is 11.8 Å². The Labute approximate surface area is 114 Å². The first-order chi connectivity index (χ1) is 9.22. The number of hydrogen-bond acceptors (Lipinski definition) is 3. The summed E-state index contributed by atoms with van der Waals surface area (Å²) in [5, 5.41) is 3.33. The van der Waals surface area contributed by atoms with Gasteiger partial charge in [0.25, 0.3) is 0 Å². The lowest BCUT2D eigenvalue weighted by atomic mass is 10.1. The summed E-state index contributed by atoms with van der Waals surface area (Å²) in [4.78, 5) is 10.9. The Morgan fingerprint density at radius 1 is 1.16 bits per heavy atom. The van der Waals surface area contributed by atoms with Gasteiger partial charge in [-0.3, -0.25) is 4.79 Å². The summed E-state index contributed by atoms with van der Waals surface area (Å²) in [5.41, 5.74) is 1.16. The van der Waals surface area contributed by atoms with Gasteiger partial charge in [-0.2, -0.15) is 0 Å². The number of benzene rings is 1. The zero-order chi connectivity index (χ0) is 13.9. The first-order valence-electron chi connectivity index (χ1n) is 6.74. The van der Waals surface area contributed by atoms with Crippen LogP contribution in [0.3, 0.4) is 0 Å². The van der Waals surface area contributed by atoms with Gasteiger partial charge >= 0.3 is 5.97 Å². The Bertz CT molecular complexity index is 365. The summed E-state index contributed by atoms with van der Waals surface area (Å²) in [5.74, 6) is -0.330. The van der Waals surface area contributed by atoms with E-state index in [4.69, 9.17) is 0 Å². The number of carbonyl (C=O) groups excluding carboxylic acids is 1. The van der Waals surface area contributed by atoms with Gasteiger partial charge in [0, 0.05) is 6.42 Å². The molecule has 106 valence electrons. The van der Waals surface area contributed by atoms with E-state index in [9.17, 15) is 9.18 Å². The van der Waals surface area contributed by atoms with E-state index in [1.54, 1.807) is 0 Å². The van der Waals surface area contributed by atoms with Crippen LogP contribution in [-0.4, -0.2) is 26.2 Å². The molecule has 0 saturated heterocycles. The van der Waals surface area contributed by atoms with Crippen LogP contribution in [0.4, 0.5) is 4.39 Å². The van der Waals surface area contributed by atoms with Crippen LogP contribution >= 0.6 is 0 Å². The number of carbonyl (C=O) groups is 1. The second-order valence-corrected chi connectivity index (χ2v) is 4.51. The average Bonchev–Trinajstić information content (AvgIpc) is 2.43. The lowest BCUT2D eigenvalue weighted by molar-refractivity contribution is -0.140. The fourth-order valence-corrected chi connectivity index (χ4v) is 1.81. The Morgan fingerprint density at radius 2 is 1.84 bits per heavy atom. The largest absolute Gasteiger partial charge is 0.469 e. The van der Waals surface area contributed by atoms with Gasteiger partial charge in [0.2, 0.25) is 0 Å². The quantitative estimate of drug-likeness (QED) is 0.552. The fourth-order valence-electron chi connectivity index (χ4n) is 1.81. The summed E-state index contributed by atoms with van der Waals surface area (Å²) >= 11 is 0. The predicted octanol–water partition coefficient (Wildman–Crippen LogP) is 2.69. The van der Waals surface area contributed by atoms with Crippen molar-refractivity contribution in [2.24, 2.45) is 0 Å². The number of halogens is 1. The Balaban J connectivity index is 1.94. The van der Waals surface area contributed by atoms with Gasteiger partial charge < -0.3 is 10.1 Å². The predicted molar refractivity (Wildman–Crippen MR) is 73.5 cm³/mol. The average molecular weight is 267 g/mol.